The average molecular weight is 420 g/mol. The minimum atomic E-state index is -4.84. The fourth-order valence-electron chi connectivity index (χ4n) is 2.87. The predicted molar refractivity (Wildman–Crippen MR) is 92.2 cm³/mol. The zero-order valence-electron chi connectivity index (χ0n) is 14.7. The van der Waals surface area contributed by atoms with Crippen LogP contribution >= 0.6 is 0 Å². The third-order valence-corrected chi connectivity index (χ3v) is 5.63. The van der Waals surface area contributed by atoms with Crippen molar-refractivity contribution in [2.75, 3.05) is 32.8 Å². The van der Waals surface area contributed by atoms with Crippen LogP contribution in [-0.4, -0.2) is 52.5 Å². The van der Waals surface area contributed by atoms with Crippen molar-refractivity contribution in [1.29, 1.82) is 0 Å². The molecule has 3 rings (SSSR count). The first-order valence-corrected chi connectivity index (χ1v) is 9.93. The van der Waals surface area contributed by atoms with E-state index in [1.807, 2.05) is 4.90 Å². The summed E-state index contributed by atoms with van der Waals surface area (Å²) < 4.78 is 78.8. The van der Waals surface area contributed by atoms with Gasteiger partial charge < -0.3 is 13.9 Å². The number of sulfonamides is 1. The van der Waals surface area contributed by atoms with Gasteiger partial charge >= 0.3 is 6.36 Å². The number of morpholine rings is 1. The first-order chi connectivity index (χ1) is 13.2. The molecule has 0 saturated carbocycles. The zero-order chi connectivity index (χ0) is 20.2. The molecule has 0 spiro atoms. The smallest absolute Gasteiger partial charge is 0.468 e. The Morgan fingerprint density at radius 2 is 1.82 bits per heavy atom. The predicted octanol–water partition coefficient (Wildman–Crippen LogP) is 2.53. The third-order valence-electron chi connectivity index (χ3n) is 4.19. The molecular weight excluding hydrogens is 401 g/mol. The van der Waals surface area contributed by atoms with Gasteiger partial charge in [0.1, 0.15) is 11.5 Å². The molecule has 0 bridgehead atoms. The van der Waals surface area contributed by atoms with Gasteiger partial charge in [-0.05, 0) is 36.4 Å². The number of alkyl halides is 3. The molecular formula is C17H19F3N2O5S. The van der Waals surface area contributed by atoms with Crippen molar-refractivity contribution in [1.82, 2.24) is 9.62 Å². The van der Waals surface area contributed by atoms with Crippen LogP contribution in [0.2, 0.25) is 0 Å². The van der Waals surface area contributed by atoms with Crippen molar-refractivity contribution in [2.24, 2.45) is 0 Å². The summed E-state index contributed by atoms with van der Waals surface area (Å²) in [6, 6.07) is 7.16. The van der Waals surface area contributed by atoms with E-state index >= 15 is 0 Å². The molecule has 11 heteroatoms. The highest BCUT2D eigenvalue weighted by Crippen LogP contribution is 2.25. The van der Waals surface area contributed by atoms with Gasteiger partial charge in [0, 0.05) is 19.6 Å². The Morgan fingerprint density at radius 3 is 2.39 bits per heavy atom. The largest absolute Gasteiger partial charge is 0.573 e. The van der Waals surface area contributed by atoms with Crippen LogP contribution in [0.5, 0.6) is 5.75 Å². The van der Waals surface area contributed by atoms with E-state index in [2.05, 4.69) is 9.46 Å². The number of furan rings is 1. The molecule has 1 aromatic heterocycles. The Bertz CT molecular complexity index is 848. The monoisotopic (exact) mass is 420 g/mol. The number of nitrogens with zero attached hydrogens (tertiary/aromatic N) is 1. The lowest BCUT2D eigenvalue weighted by molar-refractivity contribution is -0.274. The number of rotatable bonds is 7. The highest BCUT2D eigenvalue weighted by atomic mass is 32.2. The summed E-state index contributed by atoms with van der Waals surface area (Å²) in [5.41, 5.74) is 0. The van der Waals surface area contributed by atoms with Gasteiger partial charge in [-0.25, -0.2) is 13.1 Å². The first kappa shape index (κ1) is 20.6. The van der Waals surface area contributed by atoms with Crippen LogP contribution in [0.3, 0.4) is 0 Å². The molecule has 1 unspecified atom stereocenters. The molecule has 1 N–H and O–H groups in total. The van der Waals surface area contributed by atoms with Gasteiger partial charge in [-0.1, -0.05) is 0 Å². The van der Waals surface area contributed by atoms with Gasteiger partial charge in [-0.2, -0.15) is 0 Å². The van der Waals surface area contributed by atoms with Crippen LogP contribution in [0.1, 0.15) is 11.8 Å². The Morgan fingerprint density at radius 1 is 1.14 bits per heavy atom. The quantitative estimate of drug-likeness (QED) is 0.742. The molecule has 0 amide bonds. The summed E-state index contributed by atoms with van der Waals surface area (Å²) in [5.74, 6) is 0.117. The lowest BCUT2D eigenvalue weighted by atomic mass is 10.2. The van der Waals surface area contributed by atoms with Crippen molar-refractivity contribution < 1.29 is 35.5 Å². The molecule has 1 aromatic carbocycles. The van der Waals surface area contributed by atoms with E-state index in [0.717, 1.165) is 24.3 Å². The number of hydrogen-bond donors (Lipinski definition) is 1. The molecule has 7 nitrogen and oxygen atoms in total. The van der Waals surface area contributed by atoms with Gasteiger partial charge in [0.05, 0.1) is 30.4 Å². The van der Waals surface area contributed by atoms with Crippen molar-refractivity contribution in [2.45, 2.75) is 17.3 Å². The second-order valence-corrected chi connectivity index (χ2v) is 7.82. The zero-order valence-corrected chi connectivity index (χ0v) is 15.5. The fraction of sp³-hybridized carbons (Fsp3) is 0.412. The van der Waals surface area contributed by atoms with Crippen molar-refractivity contribution >= 4 is 10.0 Å². The van der Waals surface area contributed by atoms with Crippen LogP contribution in [0.15, 0.2) is 52.0 Å². The van der Waals surface area contributed by atoms with Crippen LogP contribution < -0.4 is 9.46 Å². The van der Waals surface area contributed by atoms with Crippen LogP contribution in [0.25, 0.3) is 0 Å². The van der Waals surface area contributed by atoms with Gasteiger partial charge in [0.2, 0.25) is 10.0 Å². The standard InChI is InChI=1S/C17H19F3N2O5S/c18-17(19,20)27-13-3-5-14(6-4-13)28(23,24)21-12-15(16-2-1-9-26-16)22-7-10-25-11-8-22/h1-6,9,15,21H,7-8,10-12H2. The Labute approximate surface area is 160 Å². The van der Waals surface area contributed by atoms with Crippen LogP contribution in [0, 0.1) is 0 Å². The minimum absolute atomic E-state index is 0.0383. The number of halogens is 3. The summed E-state index contributed by atoms with van der Waals surface area (Å²) in [6.07, 6.45) is -3.33. The molecule has 0 aliphatic carbocycles. The summed E-state index contributed by atoms with van der Waals surface area (Å²) in [4.78, 5) is 1.88. The van der Waals surface area contributed by atoms with E-state index in [9.17, 15) is 21.6 Å². The van der Waals surface area contributed by atoms with Crippen molar-refractivity contribution in [3.8, 4) is 5.75 Å². The number of hydrogen-bond acceptors (Lipinski definition) is 6. The summed E-state index contributed by atoms with van der Waals surface area (Å²) in [5, 5.41) is 0. The van der Waals surface area contributed by atoms with E-state index in [1.165, 1.54) is 6.26 Å². The maximum atomic E-state index is 12.5. The molecule has 154 valence electrons. The van der Waals surface area contributed by atoms with Crippen molar-refractivity contribution in [3.05, 3.63) is 48.4 Å². The second kappa shape index (κ2) is 8.52. The summed E-state index contributed by atoms with van der Waals surface area (Å²) in [6.45, 7) is 2.35. The van der Waals surface area contributed by atoms with E-state index in [4.69, 9.17) is 9.15 Å². The molecule has 1 fully saturated rings. The number of benzene rings is 1. The SMILES string of the molecule is O=S(=O)(NCC(c1ccco1)N1CCOCC1)c1ccc(OC(F)(F)F)cc1. The van der Waals surface area contributed by atoms with E-state index in [0.29, 0.717) is 32.1 Å². The van der Waals surface area contributed by atoms with E-state index in [-0.39, 0.29) is 17.5 Å². The summed E-state index contributed by atoms with van der Waals surface area (Å²) in [7, 11) is -3.93. The molecule has 2 heterocycles. The summed E-state index contributed by atoms with van der Waals surface area (Å²) >= 11 is 0. The van der Waals surface area contributed by atoms with Crippen LogP contribution in [-0.2, 0) is 14.8 Å². The normalized spacial score (nSPS) is 17.4. The highest BCUT2D eigenvalue weighted by molar-refractivity contribution is 7.89. The molecule has 1 saturated heterocycles. The average Bonchev–Trinajstić information content (AvgIpc) is 3.16. The molecule has 28 heavy (non-hydrogen) atoms. The molecule has 2 aromatic rings. The Hall–Kier alpha value is -2.08. The van der Waals surface area contributed by atoms with Gasteiger partial charge in [0.25, 0.3) is 0 Å². The molecule has 0 radical (unpaired) electrons. The van der Waals surface area contributed by atoms with Crippen LogP contribution in [0.4, 0.5) is 13.2 Å². The van der Waals surface area contributed by atoms with Gasteiger partial charge in [-0.15, -0.1) is 13.2 Å². The van der Waals surface area contributed by atoms with Gasteiger partial charge in [-0.3, -0.25) is 4.90 Å². The lowest BCUT2D eigenvalue weighted by Gasteiger charge is -2.33. The molecule has 1 aliphatic rings. The Balaban J connectivity index is 1.70. The lowest BCUT2D eigenvalue weighted by Crippen LogP contribution is -2.43. The van der Waals surface area contributed by atoms with E-state index in [1.54, 1.807) is 12.1 Å². The van der Waals surface area contributed by atoms with E-state index < -0.39 is 22.1 Å². The minimum Gasteiger partial charge on any atom is -0.468 e. The fourth-order valence-corrected chi connectivity index (χ4v) is 3.91. The maximum absolute atomic E-state index is 12.5. The second-order valence-electron chi connectivity index (χ2n) is 6.05. The molecule has 1 aliphatic heterocycles. The number of nitrogens with one attached hydrogen (secondary N) is 1. The van der Waals surface area contributed by atoms with Crippen molar-refractivity contribution in [3.63, 3.8) is 0 Å². The molecule has 1 atom stereocenters. The topological polar surface area (TPSA) is 81.0 Å². The third kappa shape index (κ3) is 5.47. The Kier molecular flexibility index (Phi) is 6.28. The highest BCUT2D eigenvalue weighted by Gasteiger charge is 2.31. The van der Waals surface area contributed by atoms with Gasteiger partial charge in [0.15, 0.2) is 0 Å². The number of ether oxygens (including phenoxy) is 2. The maximum Gasteiger partial charge on any atom is 0.573 e. The first-order valence-electron chi connectivity index (χ1n) is 8.45.